The third kappa shape index (κ3) is 4.37. The number of halogens is 2. The summed E-state index contributed by atoms with van der Waals surface area (Å²) in [5, 5.41) is 16.2. The zero-order chi connectivity index (χ0) is 23.9. The minimum atomic E-state index is -2.70. The van der Waals surface area contributed by atoms with Crippen LogP contribution < -0.4 is 16.0 Å². The number of benzene rings is 1. The Labute approximate surface area is 193 Å². The van der Waals surface area contributed by atoms with Crippen LogP contribution in [0.3, 0.4) is 0 Å². The predicted octanol–water partition coefficient (Wildman–Crippen LogP) is 3.45. The third-order valence-electron chi connectivity index (χ3n) is 6.36. The van der Waals surface area contributed by atoms with Gasteiger partial charge in [-0.25, -0.2) is 13.6 Å². The van der Waals surface area contributed by atoms with Crippen molar-refractivity contribution >= 4 is 28.6 Å². The van der Waals surface area contributed by atoms with Crippen LogP contribution in [0.1, 0.15) is 36.0 Å². The highest BCUT2D eigenvalue weighted by atomic mass is 19.3. The van der Waals surface area contributed by atoms with E-state index in [1.807, 2.05) is 18.2 Å². The molecule has 0 aliphatic heterocycles. The fraction of sp³-hybridized carbons (Fsp3) is 0.391. The number of aromatic nitrogens is 3. The summed E-state index contributed by atoms with van der Waals surface area (Å²) in [4.78, 5) is 28.9. The Morgan fingerprint density at radius 2 is 1.85 bits per heavy atom. The van der Waals surface area contributed by atoms with Gasteiger partial charge in [0.15, 0.2) is 0 Å². The number of pyridine rings is 1. The van der Waals surface area contributed by atoms with Gasteiger partial charge in [0, 0.05) is 54.3 Å². The Morgan fingerprint density at radius 1 is 1.09 bits per heavy atom. The van der Waals surface area contributed by atoms with Crippen molar-refractivity contribution in [3.63, 3.8) is 0 Å². The molecule has 2 fully saturated rings. The normalized spacial score (nSPS) is 21.3. The first-order chi connectivity index (χ1) is 16.3. The number of amides is 2. The summed E-state index contributed by atoms with van der Waals surface area (Å²) in [6, 6.07) is 4.96. The van der Waals surface area contributed by atoms with E-state index in [4.69, 9.17) is 0 Å². The standard InChI is InChI=1S/C23H24F2N6O3/c1-34-22(33)31-15-5-14(6-15)30-21(32)18-11-26-19-3-2-12(13-9-27-28-10-13)4-17(19)20(18)29-16-7-23(24,25)8-16/h2-4,9-11,14-16H,5-8H2,1H3,(H,26,29)(H,27,28)(H,30,32)(H,31,33)/t14-,15-. The second kappa shape index (κ2) is 8.54. The first kappa shape index (κ1) is 22.1. The van der Waals surface area contributed by atoms with Gasteiger partial charge in [0.1, 0.15) is 0 Å². The lowest BCUT2D eigenvalue weighted by Gasteiger charge is -2.37. The van der Waals surface area contributed by atoms with Crippen molar-refractivity contribution < 1.29 is 23.1 Å². The van der Waals surface area contributed by atoms with E-state index in [0.29, 0.717) is 29.4 Å². The van der Waals surface area contributed by atoms with Crippen molar-refractivity contribution in [2.45, 2.75) is 49.7 Å². The Balaban J connectivity index is 1.41. The molecule has 5 rings (SSSR count). The molecular formula is C23H24F2N6O3. The van der Waals surface area contributed by atoms with E-state index in [1.54, 1.807) is 12.4 Å². The average molecular weight is 470 g/mol. The molecular weight excluding hydrogens is 446 g/mol. The second-order valence-corrected chi connectivity index (χ2v) is 8.85. The smallest absolute Gasteiger partial charge is 0.407 e. The zero-order valence-corrected chi connectivity index (χ0v) is 18.4. The number of carbonyl (C=O) groups excluding carboxylic acids is 2. The number of carbonyl (C=O) groups is 2. The number of ether oxygens (including phenoxy) is 1. The summed E-state index contributed by atoms with van der Waals surface area (Å²) in [6.07, 6.45) is 4.96. The third-order valence-corrected chi connectivity index (χ3v) is 6.36. The number of alkyl carbamates (subject to hydrolysis) is 1. The molecule has 0 unspecified atom stereocenters. The van der Waals surface area contributed by atoms with E-state index in [2.05, 4.69) is 35.9 Å². The second-order valence-electron chi connectivity index (χ2n) is 8.85. The van der Waals surface area contributed by atoms with E-state index >= 15 is 0 Å². The van der Waals surface area contributed by atoms with Gasteiger partial charge < -0.3 is 20.7 Å². The van der Waals surface area contributed by atoms with Crippen LogP contribution in [0.4, 0.5) is 19.3 Å². The van der Waals surface area contributed by atoms with Crippen molar-refractivity contribution in [2.75, 3.05) is 12.4 Å². The van der Waals surface area contributed by atoms with Gasteiger partial charge in [-0.15, -0.1) is 0 Å². The molecule has 1 aromatic carbocycles. The number of H-pyrrole nitrogens is 1. The van der Waals surface area contributed by atoms with Crippen LogP contribution in [0.15, 0.2) is 36.8 Å². The maximum atomic E-state index is 13.5. The molecule has 2 aliphatic carbocycles. The molecule has 2 heterocycles. The highest BCUT2D eigenvalue weighted by Crippen LogP contribution is 2.41. The Morgan fingerprint density at radius 3 is 2.53 bits per heavy atom. The van der Waals surface area contributed by atoms with Crippen LogP contribution in [0.5, 0.6) is 0 Å². The molecule has 0 spiro atoms. The van der Waals surface area contributed by atoms with Crippen molar-refractivity contribution in [2.24, 2.45) is 0 Å². The highest BCUT2D eigenvalue weighted by Gasteiger charge is 2.45. The molecule has 4 N–H and O–H groups in total. The number of anilines is 1. The molecule has 0 bridgehead atoms. The predicted molar refractivity (Wildman–Crippen MR) is 121 cm³/mol. The SMILES string of the molecule is COC(=O)N[C@H]1C[C@H](NC(=O)c2cnc3ccc(-c4cn[nH]c4)cc3c2NC2CC(F)(F)C2)C1. The van der Waals surface area contributed by atoms with Gasteiger partial charge in [-0.1, -0.05) is 6.07 Å². The summed E-state index contributed by atoms with van der Waals surface area (Å²) >= 11 is 0. The maximum Gasteiger partial charge on any atom is 0.407 e. The van der Waals surface area contributed by atoms with Gasteiger partial charge in [-0.3, -0.25) is 14.9 Å². The van der Waals surface area contributed by atoms with Crippen LogP contribution in [0, 0.1) is 0 Å². The Kier molecular flexibility index (Phi) is 5.54. The molecule has 0 saturated heterocycles. The van der Waals surface area contributed by atoms with Crippen molar-refractivity contribution in [3.05, 3.63) is 42.4 Å². The summed E-state index contributed by atoms with van der Waals surface area (Å²) in [7, 11) is 1.30. The molecule has 11 heteroatoms. The summed E-state index contributed by atoms with van der Waals surface area (Å²) in [6.45, 7) is 0. The van der Waals surface area contributed by atoms with Gasteiger partial charge in [-0.05, 0) is 30.5 Å². The van der Waals surface area contributed by atoms with Gasteiger partial charge in [0.2, 0.25) is 0 Å². The van der Waals surface area contributed by atoms with Crippen molar-refractivity contribution in [1.82, 2.24) is 25.8 Å². The number of fused-ring (bicyclic) bond motifs is 1. The maximum absolute atomic E-state index is 13.5. The highest BCUT2D eigenvalue weighted by molar-refractivity contribution is 6.08. The van der Waals surface area contributed by atoms with Crippen LogP contribution in [-0.4, -0.2) is 58.3 Å². The van der Waals surface area contributed by atoms with Gasteiger partial charge in [0.25, 0.3) is 11.8 Å². The zero-order valence-electron chi connectivity index (χ0n) is 18.4. The molecule has 9 nitrogen and oxygen atoms in total. The lowest BCUT2D eigenvalue weighted by molar-refractivity contribution is -0.0793. The molecule has 34 heavy (non-hydrogen) atoms. The molecule has 0 atom stereocenters. The first-order valence-electron chi connectivity index (χ1n) is 11.0. The first-order valence-corrected chi connectivity index (χ1v) is 11.0. The number of rotatable bonds is 6. The number of nitrogens with one attached hydrogen (secondary N) is 4. The van der Waals surface area contributed by atoms with Crippen LogP contribution in [0.2, 0.25) is 0 Å². The van der Waals surface area contributed by atoms with E-state index in [1.165, 1.54) is 13.3 Å². The van der Waals surface area contributed by atoms with Crippen LogP contribution in [0.25, 0.3) is 22.0 Å². The molecule has 3 aromatic rings. The minimum Gasteiger partial charge on any atom is -0.453 e. The number of alkyl halides is 2. The van der Waals surface area contributed by atoms with E-state index in [-0.39, 0.29) is 36.4 Å². The number of aromatic amines is 1. The number of methoxy groups -OCH3 is 1. The van der Waals surface area contributed by atoms with Crippen LogP contribution >= 0.6 is 0 Å². The van der Waals surface area contributed by atoms with Gasteiger partial charge in [0.05, 0.1) is 30.1 Å². The summed E-state index contributed by atoms with van der Waals surface area (Å²) < 4.78 is 31.6. The number of hydrogen-bond donors (Lipinski definition) is 4. The summed E-state index contributed by atoms with van der Waals surface area (Å²) in [5.41, 5.74) is 3.13. The molecule has 2 aromatic heterocycles. The molecule has 178 valence electrons. The monoisotopic (exact) mass is 470 g/mol. The average Bonchev–Trinajstić information content (AvgIpc) is 3.31. The number of nitrogens with zero attached hydrogens (tertiary/aromatic N) is 2. The van der Waals surface area contributed by atoms with Gasteiger partial charge in [-0.2, -0.15) is 5.10 Å². The fourth-order valence-corrected chi connectivity index (χ4v) is 4.42. The van der Waals surface area contributed by atoms with E-state index in [0.717, 1.165) is 11.1 Å². The van der Waals surface area contributed by atoms with Crippen molar-refractivity contribution in [3.8, 4) is 11.1 Å². The quantitative estimate of drug-likeness (QED) is 0.438. The molecule has 2 saturated carbocycles. The molecule has 2 aliphatic rings. The van der Waals surface area contributed by atoms with Crippen molar-refractivity contribution in [1.29, 1.82) is 0 Å². The molecule has 2 amide bonds. The van der Waals surface area contributed by atoms with E-state index < -0.39 is 18.1 Å². The lowest BCUT2D eigenvalue weighted by Crippen LogP contribution is -2.53. The lowest BCUT2D eigenvalue weighted by atomic mass is 9.86. The summed E-state index contributed by atoms with van der Waals surface area (Å²) in [5.74, 6) is -3.04. The largest absolute Gasteiger partial charge is 0.453 e. The molecule has 0 radical (unpaired) electrons. The number of hydrogen-bond acceptors (Lipinski definition) is 6. The van der Waals surface area contributed by atoms with E-state index in [9.17, 15) is 18.4 Å². The van der Waals surface area contributed by atoms with Crippen LogP contribution in [-0.2, 0) is 4.74 Å². The van der Waals surface area contributed by atoms with Gasteiger partial charge >= 0.3 is 6.09 Å². The topological polar surface area (TPSA) is 121 Å². The Bertz CT molecular complexity index is 1220. The minimum absolute atomic E-state index is 0.0696. The Hall–Kier alpha value is -3.76. The fourth-order valence-electron chi connectivity index (χ4n) is 4.42.